The molecule has 1 aliphatic heterocycles. The van der Waals surface area contributed by atoms with Gasteiger partial charge in [-0.2, -0.15) is 0 Å². The first kappa shape index (κ1) is 22.6. The number of ether oxygens (including phenoxy) is 1. The van der Waals surface area contributed by atoms with E-state index in [0.29, 0.717) is 51.6 Å². The summed E-state index contributed by atoms with van der Waals surface area (Å²) >= 11 is 18.2. The summed E-state index contributed by atoms with van der Waals surface area (Å²) in [4.78, 5) is 18.1. The Hall–Kier alpha value is -2.61. The molecule has 0 radical (unpaired) electrons. The Balaban J connectivity index is 1.67. The first-order valence-corrected chi connectivity index (χ1v) is 11.2. The number of halogens is 2. The van der Waals surface area contributed by atoms with Crippen molar-refractivity contribution in [2.45, 2.75) is 24.9 Å². The van der Waals surface area contributed by atoms with Crippen LogP contribution in [0.3, 0.4) is 0 Å². The second kappa shape index (κ2) is 9.90. The van der Waals surface area contributed by atoms with Gasteiger partial charge in [0.05, 0.1) is 28.9 Å². The van der Waals surface area contributed by atoms with E-state index in [0.717, 1.165) is 5.69 Å². The molecule has 9 heteroatoms. The van der Waals surface area contributed by atoms with Crippen LogP contribution in [0.25, 0.3) is 11.3 Å². The highest BCUT2D eigenvalue weighted by Crippen LogP contribution is 2.42. The van der Waals surface area contributed by atoms with Gasteiger partial charge < -0.3 is 19.4 Å². The quantitative estimate of drug-likeness (QED) is 0.343. The van der Waals surface area contributed by atoms with Crippen LogP contribution in [0.2, 0.25) is 10.0 Å². The molecule has 166 valence electrons. The van der Waals surface area contributed by atoms with Crippen molar-refractivity contribution in [1.82, 2.24) is 15.2 Å². The van der Waals surface area contributed by atoms with E-state index >= 15 is 0 Å². The fraction of sp³-hybridized carbons (Fsp3) is 0.261. The van der Waals surface area contributed by atoms with Crippen LogP contribution in [0.4, 0.5) is 0 Å². The van der Waals surface area contributed by atoms with Crippen molar-refractivity contribution in [2.24, 2.45) is 0 Å². The molecule has 3 heterocycles. The van der Waals surface area contributed by atoms with Gasteiger partial charge >= 0.3 is 5.97 Å². The van der Waals surface area contributed by atoms with E-state index in [1.54, 1.807) is 12.3 Å². The molecule has 3 aromatic rings. The number of hydrogen-bond donors (Lipinski definition) is 1. The number of thiocarbonyl (C=S) groups is 1. The molecule has 2 atom stereocenters. The molecular formula is C23H21Cl2N3O3S. The van der Waals surface area contributed by atoms with E-state index in [1.807, 2.05) is 47.4 Å². The molecule has 4 rings (SSSR count). The number of carbonyl (C=O) groups is 1. The molecule has 2 aromatic heterocycles. The number of hydrogen-bond acceptors (Lipinski definition) is 5. The summed E-state index contributed by atoms with van der Waals surface area (Å²) in [5, 5.41) is 4.84. The number of benzene rings is 1. The second-order valence-electron chi connectivity index (χ2n) is 7.30. The Labute approximate surface area is 201 Å². The first-order chi connectivity index (χ1) is 15.5. The van der Waals surface area contributed by atoms with Crippen molar-refractivity contribution in [3.8, 4) is 11.3 Å². The van der Waals surface area contributed by atoms with E-state index in [-0.39, 0.29) is 18.1 Å². The van der Waals surface area contributed by atoms with E-state index in [1.165, 1.54) is 7.11 Å². The van der Waals surface area contributed by atoms with E-state index in [2.05, 4.69) is 10.3 Å². The zero-order valence-corrected chi connectivity index (χ0v) is 19.6. The lowest BCUT2D eigenvalue weighted by Crippen LogP contribution is -2.30. The number of nitrogens with zero attached hydrogens (tertiary/aromatic N) is 2. The van der Waals surface area contributed by atoms with Gasteiger partial charge in [-0.25, -0.2) is 0 Å². The molecule has 0 amide bonds. The fourth-order valence-corrected chi connectivity index (χ4v) is 4.53. The van der Waals surface area contributed by atoms with Crippen molar-refractivity contribution in [3.05, 3.63) is 76.2 Å². The molecular weight excluding hydrogens is 469 g/mol. The zero-order chi connectivity index (χ0) is 22.7. The van der Waals surface area contributed by atoms with Gasteiger partial charge in [-0.15, -0.1) is 0 Å². The normalized spacial score (nSPS) is 18.0. The molecule has 0 saturated carbocycles. The van der Waals surface area contributed by atoms with Crippen molar-refractivity contribution in [3.63, 3.8) is 0 Å². The molecule has 1 N–H and O–H groups in total. The highest BCUT2D eigenvalue weighted by molar-refractivity contribution is 7.80. The summed E-state index contributed by atoms with van der Waals surface area (Å²) in [6.07, 6.45) is 2.64. The minimum absolute atomic E-state index is 0.212. The largest absolute Gasteiger partial charge is 0.469 e. The third kappa shape index (κ3) is 4.60. The Morgan fingerprint density at radius 2 is 2.06 bits per heavy atom. The van der Waals surface area contributed by atoms with Crippen LogP contribution in [0.5, 0.6) is 0 Å². The number of rotatable bonds is 7. The Morgan fingerprint density at radius 1 is 1.22 bits per heavy atom. The van der Waals surface area contributed by atoms with Gasteiger partial charge in [0.15, 0.2) is 5.11 Å². The third-order valence-electron chi connectivity index (χ3n) is 5.34. The van der Waals surface area contributed by atoms with Crippen LogP contribution < -0.4 is 5.32 Å². The maximum atomic E-state index is 11.6. The zero-order valence-electron chi connectivity index (χ0n) is 17.3. The fourth-order valence-electron chi connectivity index (χ4n) is 3.80. The average Bonchev–Trinajstić information content (AvgIpc) is 3.41. The number of pyridine rings is 1. The molecule has 2 unspecified atom stereocenters. The van der Waals surface area contributed by atoms with Gasteiger partial charge in [-0.1, -0.05) is 35.3 Å². The van der Waals surface area contributed by atoms with Crippen LogP contribution in [-0.4, -0.2) is 34.6 Å². The average molecular weight is 490 g/mol. The van der Waals surface area contributed by atoms with Gasteiger partial charge in [0.1, 0.15) is 17.6 Å². The van der Waals surface area contributed by atoms with E-state index in [9.17, 15) is 4.79 Å². The molecule has 1 fully saturated rings. The summed E-state index contributed by atoms with van der Waals surface area (Å²) in [7, 11) is 1.38. The van der Waals surface area contributed by atoms with Crippen LogP contribution >= 0.6 is 35.4 Å². The molecule has 1 aromatic carbocycles. The van der Waals surface area contributed by atoms with Crippen molar-refractivity contribution >= 4 is 46.5 Å². The monoisotopic (exact) mass is 489 g/mol. The highest BCUT2D eigenvalue weighted by Gasteiger charge is 2.41. The Bertz CT molecular complexity index is 1120. The van der Waals surface area contributed by atoms with Gasteiger partial charge in [-0.05, 0) is 55.0 Å². The maximum Gasteiger partial charge on any atom is 0.305 e. The smallest absolute Gasteiger partial charge is 0.305 e. The summed E-state index contributed by atoms with van der Waals surface area (Å²) in [5.41, 5.74) is 1.56. The number of nitrogens with one attached hydrogen (secondary N) is 1. The van der Waals surface area contributed by atoms with Crippen molar-refractivity contribution < 1.29 is 13.9 Å². The topological polar surface area (TPSA) is 67.6 Å². The minimum Gasteiger partial charge on any atom is -0.469 e. The van der Waals surface area contributed by atoms with Gasteiger partial charge in [-0.3, -0.25) is 9.78 Å². The standard InChI is InChI=1S/C23H21Cl2N3O3S/c1-30-19(29)9-5-13-28-22(21(27-23(28)32)16-8-2-3-12-26-16)18-11-10-17(31-18)14-6-4-7-15(24)20(14)25/h2-4,6-8,10-12,21-22H,5,9,13H2,1H3,(H,27,32). The minimum atomic E-state index is -0.253. The lowest BCUT2D eigenvalue weighted by atomic mass is 10.0. The Morgan fingerprint density at radius 3 is 2.81 bits per heavy atom. The predicted octanol–water partition coefficient (Wildman–Crippen LogP) is 5.57. The maximum absolute atomic E-state index is 11.6. The molecule has 0 spiro atoms. The lowest BCUT2D eigenvalue weighted by molar-refractivity contribution is -0.140. The van der Waals surface area contributed by atoms with Crippen LogP contribution in [0.1, 0.15) is 36.4 Å². The molecule has 32 heavy (non-hydrogen) atoms. The number of furan rings is 1. The first-order valence-electron chi connectivity index (χ1n) is 10.1. The summed E-state index contributed by atoms with van der Waals surface area (Å²) in [6, 6.07) is 14.5. The summed E-state index contributed by atoms with van der Waals surface area (Å²) < 4.78 is 11.0. The second-order valence-corrected chi connectivity index (χ2v) is 8.47. The van der Waals surface area contributed by atoms with Gasteiger partial charge in [0.2, 0.25) is 0 Å². The van der Waals surface area contributed by atoms with Crippen LogP contribution in [0.15, 0.2) is 59.1 Å². The van der Waals surface area contributed by atoms with Crippen molar-refractivity contribution in [2.75, 3.05) is 13.7 Å². The van der Waals surface area contributed by atoms with Crippen molar-refractivity contribution in [1.29, 1.82) is 0 Å². The summed E-state index contributed by atoms with van der Waals surface area (Å²) in [5.74, 6) is 1.06. The number of carbonyl (C=O) groups excluding carboxylic acids is 1. The van der Waals surface area contributed by atoms with Crippen LogP contribution in [-0.2, 0) is 9.53 Å². The van der Waals surface area contributed by atoms with Crippen LogP contribution in [0, 0.1) is 0 Å². The molecule has 1 aliphatic rings. The van der Waals surface area contributed by atoms with Gasteiger partial charge in [0.25, 0.3) is 0 Å². The van der Waals surface area contributed by atoms with E-state index < -0.39 is 0 Å². The molecule has 0 bridgehead atoms. The number of esters is 1. The third-order valence-corrected chi connectivity index (χ3v) is 6.51. The number of methoxy groups -OCH3 is 1. The van der Waals surface area contributed by atoms with Gasteiger partial charge in [0, 0.05) is 24.7 Å². The lowest BCUT2D eigenvalue weighted by Gasteiger charge is -2.25. The molecule has 6 nitrogen and oxygen atoms in total. The number of aromatic nitrogens is 1. The predicted molar refractivity (Wildman–Crippen MR) is 128 cm³/mol. The molecule has 1 saturated heterocycles. The molecule has 0 aliphatic carbocycles. The van der Waals surface area contributed by atoms with E-state index in [4.69, 9.17) is 44.6 Å². The Kier molecular flexibility index (Phi) is 6.98. The SMILES string of the molecule is COC(=O)CCCN1C(=S)NC(c2ccccn2)C1c1ccc(-c2cccc(Cl)c2Cl)o1. The summed E-state index contributed by atoms with van der Waals surface area (Å²) in [6.45, 7) is 0.558. The highest BCUT2D eigenvalue weighted by atomic mass is 35.5.